The monoisotopic (exact) mass is 444 g/mol. The third-order valence-corrected chi connectivity index (χ3v) is 6.19. The van der Waals surface area contributed by atoms with Crippen LogP contribution >= 0.6 is 0 Å². The van der Waals surface area contributed by atoms with E-state index in [0.717, 1.165) is 46.6 Å². The number of nitrogens with two attached hydrogens (primary N) is 1. The van der Waals surface area contributed by atoms with Crippen LogP contribution < -0.4 is 15.8 Å². The highest BCUT2D eigenvalue weighted by atomic mass is 19.1. The van der Waals surface area contributed by atoms with Gasteiger partial charge in [-0.3, -0.25) is 4.40 Å². The first kappa shape index (κ1) is 21.2. The molecular weight excluding hydrogens is 419 g/mol. The van der Waals surface area contributed by atoms with Crippen LogP contribution in [0.25, 0.3) is 28.2 Å². The van der Waals surface area contributed by atoms with Crippen molar-refractivity contribution in [1.29, 1.82) is 0 Å². The van der Waals surface area contributed by atoms with Crippen LogP contribution in [0.2, 0.25) is 0 Å². The van der Waals surface area contributed by atoms with E-state index in [1.165, 1.54) is 6.42 Å². The van der Waals surface area contributed by atoms with Gasteiger partial charge in [0.2, 0.25) is 0 Å². The Bertz CT molecular complexity index is 1280. The summed E-state index contributed by atoms with van der Waals surface area (Å²) < 4.78 is 19.6. The maximum atomic E-state index is 12.3. The molecule has 3 N–H and O–H groups in total. The largest absolute Gasteiger partial charge is 0.412 e. The smallest absolute Gasteiger partial charge is 0.409 e. The maximum Gasteiger partial charge on any atom is 0.412 e. The lowest BCUT2D eigenvalue weighted by Gasteiger charge is -2.38. The summed E-state index contributed by atoms with van der Waals surface area (Å²) in [5, 5.41) is 2.36. The van der Waals surface area contributed by atoms with Crippen LogP contribution in [0.5, 0.6) is 5.75 Å². The van der Waals surface area contributed by atoms with E-state index in [4.69, 9.17) is 15.5 Å². The number of hydrogen-bond donors (Lipinski definition) is 2. The zero-order valence-electron chi connectivity index (χ0n) is 18.1. The van der Waals surface area contributed by atoms with Gasteiger partial charge in [-0.1, -0.05) is 54.6 Å². The van der Waals surface area contributed by atoms with Gasteiger partial charge in [0.15, 0.2) is 0 Å². The van der Waals surface area contributed by atoms with Gasteiger partial charge < -0.3 is 15.8 Å². The molecule has 1 amide bonds. The number of fused-ring (bicyclic) bond motifs is 1. The average Bonchev–Trinajstić information content (AvgIpc) is 3.20. The van der Waals surface area contributed by atoms with Crippen LogP contribution in [0, 0.1) is 0 Å². The van der Waals surface area contributed by atoms with Gasteiger partial charge >= 0.3 is 6.09 Å². The lowest BCUT2D eigenvalue weighted by atomic mass is 9.72. The highest BCUT2D eigenvalue weighted by molar-refractivity contribution is 5.82. The second kappa shape index (κ2) is 8.67. The van der Waals surface area contributed by atoms with Crippen molar-refractivity contribution in [3.05, 3.63) is 78.5 Å². The van der Waals surface area contributed by atoms with Gasteiger partial charge in [-0.05, 0) is 37.0 Å². The number of pyridine rings is 1. The van der Waals surface area contributed by atoms with Crippen molar-refractivity contribution in [1.82, 2.24) is 14.7 Å². The Labute approximate surface area is 191 Å². The molecule has 2 aromatic carbocycles. The quantitative estimate of drug-likeness (QED) is 0.435. The van der Waals surface area contributed by atoms with E-state index in [9.17, 15) is 9.18 Å². The molecule has 0 atom stereocenters. The molecule has 168 valence electrons. The number of hydrogen-bond acceptors (Lipinski definition) is 4. The molecule has 0 aliphatic heterocycles. The number of nitrogens with zero attached hydrogens (tertiary/aromatic N) is 2. The van der Waals surface area contributed by atoms with Gasteiger partial charge in [-0.25, -0.2) is 14.2 Å². The van der Waals surface area contributed by atoms with Crippen molar-refractivity contribution >= 4 is 11.7 Å². The summed E-state index contributed by atoms with van der Waals surface area (Å²) in [5.74, 6) is 0.338. The minimum absolute atomic E-state index is 0.0916. The SMILES string of the molecule is NC1(c2ccc(-c3nc4ccc(OC(=O)NCCF)cn4c3-c3ccccc3)cc2)CCC1. The molecule has 1 aliphatic rings. The van der Waals surface area contributed by atoms with Crippen LogP contribution in [0.15, 0.2) is 72.9 Å². The molecule has 1 aliphatic carbocycles. The molecule has 0 bridgehead atoms. The molecule has 6 nitrogen and oxygen atoms in total. The summed E-state index contributed by atoms with van der Waals surface area (Å²) in [7, 11) is 0. The minimum Gasteiger partial charge on any atom is -0.409 e. The van der Waals surface area contributed by atoms with E-state index in [0.29, 0.717) is 5.75 Å². The van der Waals surface area contributed by atoms with Crippen molar-refractivity contribution < 1.29 is 13.9 Å². The Morgan fingerprint density at radius 3 is 2.48 bits per heavy atom. The predicted molar refractivity (Wildman–Crippen MR) is 126 cm³/mol. The van der Waals surface area contributed by atoms with E-state index in [-0.39, 0.29) is 12.1 Å². The zero-order chi connectivity index (χ0) is 22.8. The molecule has 7 heteroatoms. The van der Waals surface area contributed by atoms with Gasteiger partial charge in [0, 0.05) is 23.2 Å². The highest BCUT2D eigenvalue weighted by Gasteiger charge is 2.34. The molecule has 0 unspecified atom stereocenters. The Hall–Kier alpha value is -3.71. The molecule has 2 heterocycles. The number of carbonyl (C=O) groups is 1. The van der Waals surface area contributed by atoms with E-state index in [1.807, 2.05) is 34.7 Å². The second-order valence-electron chi connectivity index (χ2n) is 8.36. The summed E-state index contributed by atoms with van der Waals surface area (Å²) in [5.41, 5.74) is 11.8. The first-order chi connectivity index (χ1) is 16.1. The first-order valence-corrected chi connectivity index (χ1v) is 11.1. The topological polar surface area (TPSA) is 81.7 Å². The number of benzene rings is 2. The van der Waals surface area contributed by atoms with Crippen molar-refractivity contribution in [2.45, 2.75) is 24.8 Å². The first-order valence-electron chi connectivity index (χ1n) is 11.1. The lowest BCUT2D eigenvalue weighted by Crippen LogP contribution is -2.43. The van der Waals surface area contributed by atoms with Crippen molar-refractivity contribution in [3.63, 3.8) is 0 Å². The number of rotatable bonds is 6. The van der Waals surface area contributed by atoms with Crippen LogP contribution in [0.1, 0.15) is 24.8 Å². The summed E-state index contributed by atoms with van der Waals surface area (Å²) in [4.78, 5) is 16.8. The molecule has 0 radical (unpaired) electrons. The molecule has 4 aromatic rings. The van der Waals surface area contributed by atoms with Crippen molar-refractivity contribution in [2.24, 2.45) is 5.73 Å². The van der Waals surface area contributed by atoms with E-state index in [1.54, 1.807) is 18.3 Å². The fourth-order valence-electron chi connectivity index (χ4n) is 4.26. The number of carbonyl (C=O) groups excluding carboxylic acids is 1. The number of amides is 1. The number of nitrogens with one attached hydrogen (secondary N) is 1. The summed E-state index contributed by atoms with van der Waals surface area (Å²) in [6.45, 7) is -0.743. The predicted octanol–water partition coefficient (Wildman–Crippen LogP) is 5.06. The minimum atomic E-state index is -0.698. The van der Waals surface area contributed by atoms with Crippen molar-refractivity contribution in [3.8, 4) is 28.3 Å². The molecule has 33 heavy (non-hydrogen) atoms. The number of imidazole rings is 1. The standard InChI is InChI=1S/C26H25FN4O2/c27-15-16-29-25(32)33-21-11-12-22-30-23(24(31(22)17-21)19-5-2-1-3-6-19)18-7-9-20(10-8-18)26(28)13-4-14-26/h1-3,5-12,17H,4,13-16,28H2,(H,29,32). The Kier molecular flexibility index (Phi) is 5.56. The third kappa shape index (κ3) is 4.07. The summed E-state index contributed by atoms with van der Waals surface area (Å²) in [6, 6.07) is 21.7. The van der Waals surface area contributed by atoms with Crippen LogP contribution in [-0.2, 0) is 5.54 Å². The highest BCUT2D eigenvalue weighted by Crippen LogP contribution is 2.40. The summed E-state index contributed by atoms with van der Waals surface area (Å²) in [6.07, 6.45) is 4.21. The zero-order valence-corrected chi connectivity index (χ0v) is 18.1. The van der Waals surface area contributed by atoms with Gasteiger partial charge in [-0.15, -0.1) is 0 Å². The molecular formula is C26H25FN4O2. The average molecular weight is 445 g/mol. The van der Waals surface area contributed by atoms with E-state index in [2.05, 4.69) is 29.6 Å². The molecule has 1 saturated carbocycles. The van der Waals surface area contributed by atoms with E-state index < -0.39 is 12.8 Å². The fraction of sp³-hybridized carbons (Fsp3) is 0.231. The molecule has 5 rings (SSSR count). The van der Waals surface area contributed by atoms with Gasteiger partial charge in [-0.2, -0.15) is 0 Å². The molecule has 0 spiro atoms. The molecule has 0 saturated heterocycles. The number of aromatic nitrogens is 2. The molecule has 1 fully saturated rings. The Balaban J connectivity index is 1.57. The van der Waals surface area contributed by atoms with Gasteiger partial charge in [0.05, 0.1) is 17.6 Å². The van der Waals surface area contributed by atoms with Crippen LogP contribution in [0.3, 0.4) is 0 Å². The third-order valence-electron chi connectivity index (χ3n) is 6.19. The fourth-order valence-corrected chi connectivity index (χ4v) is 4.26. The van der Waals surface area contributed by atoms with Crippen LogP contribution in [-0.4, -0.2) is 28.7 Å². The van der Waals surface area contributed by atoms with Gasteiger partial charge in [0.1, 0.15) is 18.1 Å². The Morgan fingerprint density at radius 2 is 1.82 bits per heavy atom. The van der Waals surface area contributed by atoms with Crippen LogP contribution in [0.4, 0.5) is 9.18 Å². The normalized spacial score (nSPS) is 14.6. The summed E-state index contributed by atoms with van der Waals surface area (Å²) >= 11 is 0. The van der Waals surface area contributed by atoms with Crippen molar-refractivity contribution in [2.75, 3.05) is 13.2 Å². The Morgan fingerprint density at radius 1 is 1.06 bits per heavy atom. The second-order valence-corrected chi connectivity index (χ2v) is 8.36. The number of alkyl halides is 1. The maximum absolute atomic E-state index is 12.3. The lowest BCUT2D eigenvalue weighted by molar-refractivity contribution is 0.199. The van der Waals surface area contributed by atoms with Gasteiger partial charge in [0.25, 0.3) is 0 Å². The van der Waals surface area contributed by atoms with E-state index >= 15 is 0 Å². The number of halogens is 1. The molecule has 2 aromatic heterocycles. The number of ether oxygens (including phenoxy) is 1.